The number of rotatable bonds is 9. The summed E-state index contributed by atoms with van der Waals surface area (Å²) in [6, 6.07) is 131. The normalized spacial score (nSPS) is 13.8. The minimum atomic E-state index is -0.223. The first-order valence-electron chi connectivity index (χ1n) is 37.2. The van der Waals surface area contributed by atoms with E-state index in [1.807, 2.05) is 45.3 Å². The van der Waals surface area contributed by atoms with Crippen LogP contribution < -0.4 is 52.2 Å². The third-order valence-corrected chi connectivity index (χ3v) is 28.4. The molecule has 4 aromatic heterocycles. The first kappa shape index (κ1) is 60.9. The summed E-state index contributed by atoms with van der Waals surface area (Å²) < 4.78 is 17.8. The molecule has 8 heterocycles. The summed E-state index contributed by atoms with van der Waals surface area (Å²) in [6.45, 7) is -0.431. The maximum absolute atomic E-state index is 7.62. The predicted molar refractivity (Wildman–Crippen MR) is 466 cm³/mol. The summed E-state index contributed by atoms with van der Waals surface area (Å²) in [5.74, 6) is 1.43. The Morgan fingerprint density at radius 1 is 0.231 bits per heavy atom. The molecule has 108 heavy (non-hydrogen) atoms. The first-order valence-corrected chi connectivity index (χ1v) is 40.4. The molecule has 4 aliphatic heterocycles. The van der Waals surface area contributed by atoms with Crippen molar-refractivity contribution in [2.24, 2.45) is 0 Å². The number of anilines is 9. The largest absolute Gasteiger partial charge is 0.458 e. The number of fused-ring (bicyclic) bond motifs is 20. The van der Waals surface area contributed by atoms with Gasteiger partial charge in [0.2, 0.25) is 0 Å². The van der Waals surface area contributed by atoms with Crippen LogP contribution in [0.4, 0.5) is 51.2 Å². The Hall–Kier alpha value is -12.3. The van der Waals surface area contributed by atoms with Crippen LogP contribution >= 0.6 is 45.3 Å². The van der Waals surface area contributed by atoms with Gasteiger partial charge in [0.25, 0.3) is 13.4 Å². The molecular formula is C98H59B2N3OS4. The molecule has 24 rings (SSSR count). The summed E-state index contributed by atoms with van der Waals surface area (Å²) in [7, 11) is 0. The van der Waals surface area contributed by atoms with Crippen LogP contribution in [0.25, 0.3) is 80.7 Å². The average molecular weight is 1440 g/mol. The van der Waals surface area contributed by atoms with Gasteiger partial charge in [-0.25, -0.2) is 0 Å². The molecule has 0 radical (unpaired) electrons. The molecule has 2 unspecified atom stereocenters. The maximum Gasteiger partial charge on any atom is 0.256 e. The van der Waals surface area contributed by atoms with Crippen LogP contribution in [0.3, 0.4) is 0 Å². The van der Waals surface area contributed by atoms with Crippen LogP contribution in [-0.2, 0) is 0 Å². The lowest BCUT2D eigenvalue weighted by Crippen LogP contribution is -2.64. The number of benzene rings is 16. The molecule has 4 nitrogen and oxygen atoms in total. The summed E-state index contributed by atoms with van der Waals surface area (Å²) in [4.78, 5) is 8.00. The summed E-state index contributed by atoms with van der Waals surface area (Å²) >= 11 is 7.62. The summed E-state index contributed by atoms with van der Waals surface area (Å²) in [6.07, 6.45) is 0. The zero-order valence-corrected chi connectivity index (χ0v) is 61.4. The second-order valence-electron chi connectivity index (χ2n) is 29.1. The molecule has 2 atom stereocenters. The second kappa shape index (κ2) is 23.6. The van der Waals surface area contributed by atoms with Gasteiger partial charge in [-0.2, -0.15) is 0 Å². The molecule has 0 saturated carbocycles. The van der Waals surface area contributed by atoms with Crippen molar-refractivity contribution in [3.63, 3.8) is 0 Å². The van der Waals surface area contributed by atoms with Crippen LogP contribution in [0, 0.1) is 0 Å². The molecule has 20 aromatic rings. The van der Waals surface area contributed by atoms with Gasteiger partial charge in [-0.05, 0) is 157 Å². The maximum atomic E-state index is 7.62. The zero-order valence-electron chi connectivity index (χ0n) is 58.1. The Morgan fingerprint density at radius 3 is 1.14 bits per heavy atom. The van der Waals surface area contributed by atoms with E-state index in [9.17, 15) is 0 Å². The van der Waals surface area contributed by atoms with Crippen molar-refractivity contribution in [2.45, 2.75) is 11.8 Å². The molecule has 0 fully saturated rings. The number of ether oxygens (including phenoxy) is 1. The van der Waals surface area contributed by atoms with E-state index in [1.54, 1.807) is 0 Å². The van der Waals surface area contributed by atoms with Crippen molar-refractivity contribution in [2.75, 3.05) is 14.7 Å². The van der Waals surface area contributed by atoms with Gasteiger partial charge in [-0.1, -0.05) is 255 Å². The number of nitrogens with zero attached hydrogens (tertiary/aromatic N) is 3. The highest BCUT2D eigenvalue weighted by molar-refractivity contribution is 7.27. The average Bonchev–Trinajstić information content (AvgIpc) is 0.899. The van der Waals surface area contributed by atoms with E-state index in [4.69, 9.17) is 4.74 Å². The van der Waals surface area contributed by atoms with Crippen molar-refractivity contribution < 1.29 is 4.74 Å². The Balaban J connectivity index is 0.841. The van der Waals surface area contributed by atoms with E-state index in [2.05, 4.69) is 360 Å². The lowest BCUT2D eigenvalue weighted by Gasteiger charge is -2.46. The van der Waals surface area contributed by atoms with Crippen molar-refractivity contribution in [3.05, 3.63) is 379 Å². The first-order chi connectivity index (χ1) is 53.6. The number of para-hydroxylation sites is 3. The number of hydrogen-bond acceptors (Lipinski definition) is 8. The van der Waals surface area contributed by atoms with E-state index in [1.165, 1.54) is 158 Å². The third kappa shape index (κ3) is 8.85. The van der Waals surface area contributed by atoms with E-state index < -0.39 is 0 Å². The van der Waals surface area contributed by atoms with Gasteiger partial charge in [-0.3, -0.25) is 0 Å². The van der Waals surface area contributed by atoms with E-state index >= 15 is 0 Å². The Kier molecular flexibility index (Phi) is 13.3. The van der Waals surface area contributed by atoms with Crippen LogP contribution in [0.15, 0.2) is 346 Å². The molecule has 0 amide bonds. The van der Waals surface area contributed by atoms with Crippen molar-refractivity contribution >= 4 is 223 Å². The quantitative estimate of drug-likeness (QED) is 0.106. The molecule has 10 heteroatoms. The van der Waals surface area contributed by atoms with E-state index in [0.717, 1.165) is 51.1 Å². The van der Waals surface area contributed by atoms with Gasteiger partial charge in [-0.15, -0.1) is 45.3 Å². The molecular weight excluding hydrogens is 1380 g/mol. The molecule has 0 saturated heterocycles. The zero-order chi connectivity index (χ0) is 70.4. The smallest absolute Gasteiger partial charge is 0.256 e. The Bertz CT molecular complexity index is 7190. The van der Waals surface area contributed by atoms with Gasteiger partial charge in [0, 0.05) is 123 Å². The Morgan fingerprint density at radius 2 is 0.611 bits per heavy atom. The highest BCUT2D eigenvalue weighted by Crippen LogP contribution is 2.55. The molecule has 0 aliphatic carbocycles. The fraction of sp³-hybridized carbons (Fsp3) is 0.0204. The van der Waals surface area contributed by atoms with Gasteiger partial charge < -0.3 is 19.4 Å². The van der Waals surface area contributed by atoms with Crippen LogP contribution in [-0.4, -0.2) is 13.4 Å². The minimum absolute atomic E-state index is 0.166. The lowest BCUT2D eigenvalue weighted by molar-refractivity contribution is 0.486. The molecule has 0 N–H and O–H groups in total. The van der Waals surface area contributed by atoms with Gasteiger partial charge in [0.1, 0.15) is 11.5 Å². The van der Waals surface area contributed by atoms with Gasteiger partial charge in [0.15, 0.2) is 0 Å². The number of hydrogen-bond donors (Lipinski definition) is 0. The highest BCUT2D eigenvalue weighted by Gasteiger charge is 2.49. The standard InChI is InChI=1S/C98H59B2N3OS4/c1-4-26-58(27-5-1)91(71-40-22-36-67-63-32-10-18-48-87(63)105-95(67)71)60-52-82-93-83(53-60)102(78-45-24-38-69-65-34-12-20-50-89(65)107-97(69)78)80-57-81-76(56-75(80)99(93)73-42-14-16-44-77(73)101(82)62-30-8-3-9-31-62)100-74-43-15-17-47-85(74)104-86-55-61(54-84(94(86)100)103(81)79-46-25-39-70-66-35-13-21-51-90(66)108-98(70)79)92(59-28-6-2-7-29-59)72-41-23-37-68-64-33-11-19-49-88(64)106-96(68)72/h1-57,91-92H. The fourth-order valence-electron chi connectivity index (χ4n) is 19.1. The van der Waals surface area contributed by atoms with Crippen molar-refractivity contribution in [1.29, 1.82) is 0 Å². The van der Waals surface area contributed by atoms with E-state index in [0.29, 0.717) is 0 Å². The predicted octanol–water partition coefficient (Wildman–Crippen LogP) is 24.0. The van der Waals surface area contributed by atoms with Gasteiger partial charge >= 0.3 is 0 Å². The lowest BCUT2D eigenvalue weighted by atomic mass is 9.30. The Labute approximate surface area is 640 Å². The van der Waals surface area contributed by atoms with Crippen molar-refractivity contribution in [3.8, 4) is 11.5 Å². The fourth-order valence-corrected chi connectivity index (χ4v) is 24.0. The third-order valence-electron chi connectivity index (χ3n) is 23.5. The highest BCUT2D eigenvalue weighted by atomic mass is 32.1. The SMILES string of the molecule is c1ccc(C(c2cc3c4c(c2)N(c2cccc5c2sc2ccccc25)c2cc5c(cc2B4c2ccccc2O3)B2c3ccccc3N(c3ccccc3)c3cc(C(c4ccccc4)c4cccc6c4sc4ccccc46)cc(c32)N5c2cccc3c2sc2ccccc23)c2cccc3c2sc2ccccc23)cc1. The molecule has 0 bridgehead atoms. The topological polar surface area (TPSA) is 19.0 Å². The molecule has 4 aliphatic rings. The summed E-state index contributed by atoms with van der Waals surface area (Å²) in [5, 5.41) is 10.2. The molecule has 16 aromatic carbocycles. The van der Waals surface area contributed by atoms with E-state index in [-0.39, 0.29) is 25.3 Å². The number of thiophene rings is 4. The van der Waals surface area contributed by atoms with Gasteiger partial charge in [0.05, 0.1) is 20.8 Å². The minimum Gasteiger partial charge on any atom is -0.458 e. The van der Waals surface area contributed by atoms with Crippen LogP contribution in [0.1, 0.15) is 45.2 Å². The molecule has 0 spiro atoms. The monoisotopic (exact) mass is 1440 g/mol. The second-order valence-corrected chi connectivity index (χ2v) is 33.3. The van der Waals surface area contributed by atoms with Crippen molar-refractivity contribution in [1.82, 2.24) is 0 Å². The molecule has 502 valence electrons. The summed E-state index contributed by atoms with van der Waals surface area (Å²) in [5.41, 5.74) is 25.1. The van der Waals surface area contributed by atoms with Crippen LogP contribution in [0.2, 0.25) is 0 Å². The van der Waals surface area contributed by atoms with Crippen LogP contribution in [0.5, 0.6) is 11.5 Å².